The van der Waals surface area contributed by atoms with Gasteiger partial charge in [0.15, 0.2) is 0 Å². The van der Waals surface area contributed by atoms with E-state index in [1.165, 1.54) is 16.7 Å². The van der Waals surface area contributed by atoms with E-state index in [9.17, 15) is 0 Å². The fourth-order valence-corrected chi connectivity index (χ4v) is 3.64. The molecular weight excluding hydrogens is 220 g/mol. The van der Waals surface area contributed by atoms with E-state index in [1.54, 1.807) is 0 Å². The third kappa shape index (κ3) is 1.99. The number of hydrogen-bond donors (Lipinski definition) is 1. The molecule has 0 amide bonds. The molecule has 1 N–H and O–H groups in total. The van der Waals surface area contributed by atoms with Gasteiger partial charge in [-0.1, -0.05) is 52.8 Å². The monoisotopic (exact) mass is 246 g/mol. The largest absolute Gasteiger partial charge is 0.396 e. The molecule has 2 rings (SSSR count). The fraction of sp³-hybridized carbons (Fsp3) is 0.647. The van der Waals surface area contributed by atoms with Crippen molar-refractivity contribution in [1.29, 1.82) is 0 Å². The first-order valence-corrected chi connectivity index (χ1v) is 7.13. The number of aliphatic hydroxyl groups is 1. The molecule has 1 aliphatic rings. The first-order chi connectivity index (χ1) is 8.39. The van der Waals surface area contributed by atoms with Crippen molar-refractivity contribution in [1.82, 2.24) is 0 Å². The SMILES string of the molecule is CC(C)C1c2ccc(CCO)cc2C(C)(C)C1C. The van der Waals surface area contributed by atoms with Crippen LogP contribution in [-0.2, 0) is 11.8 Å². The molecule has 0 saturated heterocycles. The molecule has 2 atom stereocenters. The number of benzene rings is 1. The molecule has 100 valence electrons. The van der Waals surface area contributed by atoms with Gasteiger partial charge in [-0.25, -0.2) is 0 Å². The minimum absolute atomic E-state index is 0.238. The number of rotatable bonds is 3. The summed E-state index contributed by atoms with van der Waals surface area (Å²) in [5.74, 6) is 2.03. The summed E-state index contributed by atoms with van der Waals surface area (Å²) in [5.41, 5.74) is 4.54. The first-order valence-electron chi connectivity index (χ1n) is 7.13. The second-order valence-electron chi connectivity index (χ2n) is 6.68. The van der Waals surface area contributed by atoms with Gasteiger partial charge < -0.3 is 5.11 Å². The van der Waals surface area contributed by atoms with E-state index in [4.69, 9.17) is 5.11 Å². The normalized spacial score (nSPS) is 25.5. The molecule has 0 heterocycles. The van der Waals surface area contributed by atoms with Crippen LogP contribution in [-0.4, -0.2) is 11.7 Å². The molecule has 1 nitrogen and oxygen atoms in total. The Bertz CT molecular complexity index is 431. The Morgan fingerprint density at radius 3 is 2.50 bits per heavy atom. The molecule has 0 spiro atoms. The van der Waals surface area contributed by atoms with Gasteiger partial charge in [0, 0.05) is 6.61 Å². The maximum Gasteiger partial charge on any atom is 0.0471 e. The predicted molar refractivity (Wildman–Crippen MR) is 77.0 cm³/mol. The van der Waals surface area contributed by atoms with Crippen molar-refractivity contribution in [3.63, 3.8) is 0 Å². The molecule has 0 radical (unpaired) electrons. The van der Waals surface area contributed by atoms with E-state index < -0.39 is 0 Å². The standard InChI is InChI=1S/C17H26O/c1-11(2)16-12(3)17(4,5)15-10-13(8-9-18)6-7-14(15)16/h6-7,10-12,16,18H,8-9H2,1-5H3. The highest BCUT2D eigenvalue weighted by atomic mass is 16.2. The van der Waals surface area contributed by atoms with Crippen LogP contribution in [0.25, 0.3) is 0 Å². The molecule has 1 aromatic rings. The van der Waals surface area contributed by atoms with Crippen LogP contribution in [0.4, 0.5) is 0 Å². The van der Waals surface area contributed by atoms with E-state index >= 15 is 0 Å². The molecular formula is C17H26O. The highest BCUT2D eigenvalue weighted by Crippen LogP contribution is 2.53. The summed E-state index contributed by atoms with van der Waals surface area (Å²) in [6, 6.07) is 6.82. The minimum atomic E-state index is 0.238. The third-order valence-electron chi connectivity index (χ3n) is 4.97. The van der Waals surface area contributed by atoms with Crippen molar-refractivity contribution >= 4 is 0 Å². The van der Waals surface area contributed by atoms with Crippen molar-refractivity contribution in [3.05, 3.63) is 34.9 Å². The summed E-state index contributed by atoms with van der Waals surface area (Å²) in [5, 5.41) is 9.09. The molecule has 0 aliphatic heterocycles. The third-order valence-corrected chi connectivity index (χ3v) is 4.97. The smallest absolute Gasteiger partial charge is 0.0471 e. The summed E-state index contributed by atoms with van der Waals surface area (Å²) in [4.78, 5) is 0. The summed E-state index contributed by atoms with van der Waals surface area (Å²) in [7, 11) is 0. The maximum atomic E-state index is 9.09. The second kappa shape index (κ2) is 4.70. The van der Waals surface area contributed by atoms with E-state index in [0.29, 0.717) is 17.8 Å². The summed E-state index contributed by atoms with van der Waals surface area (Å²) in [6.45, 7) is 12.0. The van der Waals surface area contributed by atoms with Gasteiger partial charge in [0.1, 0.15) is 0 Å². The molecule has 2 unspecified atom stereocenters. The molecule has 1 heteroatoms. The number of aliphatic hydroxyl groups excluding tert-OH is 1. The first kappa shape index (κ1) is 13.6. The minimum Gasteiger partial charge on any atom is -0.396 e. The quantitative estimate of drug-likeness (QED) is 0.858. The molecule has 1 aromatic carbocycles. The number of fused-ring (bicyclic) bond motifs is 1. The van der Waals surface area contributed by atoms with Crippen molar-refractivity contribution in [3.8, 4) is 0 Å². The van der Waals surface area contributed by atoms with Crippen LogP contribution in [0.2, 0.25) is 0 Å². The lowest BCUT2D eigenvalue weighted by atomic mass is 9.74. The van der Waals surface area contributed by atoms with Crippen LogP contribution in [0, 0.1) is 11.8 Å². The summed E-state index contributed by atoms with van der Waals surface area (Å²) in [6.07, 6.45) is 0.768. The van der Waals surface area contributed by atoms with Crippen LogP contribution >= 0.6 is 0 Å². The van der Waals surface area contributed by atoms with Crippen molar-refractivity contribution in [2.75, 3.05) is 6.61 Å². The average Bonchev–Trinajstić information content (AvgIpc) is 2.49. The Balaban J connectivity index is 2.50. The van der Waals surface area contributed by atoms with Crippen LogP contribution in [0.1, 0.15) is 57.2 Å². The molecule has 0 bridgehead atoms. The lowest BCUT2D eigenvalue weighted by Gasteiger charge is -2.30. The van der Waals surface area contributed by atoms with Gasteiger partial charge in [-0.15, -0.1) is 0 Å². The van der Waals surface area contributed by atoms with E-state index in [2.05, 4.69) is 52.8 Å². The molecule has 1 aliphatic carbocycles. The Labute approximate surface area is 111 Å². The van der Waals surface area contributed by atoms with Gasteiger partial charge in [0.05, 0.1) is 0 Å². The maximum absolute atomic E-state index is 9.09. The van der Waals surface area contributed by atoms with Crippen molar-refractivity contribution in [2.24, 2.45) is 11.8 Å². The topological polar surface area (TPSA) is 20.2 Å². The molecule has 18 heavy (non-hydrogen) atoms. The van der Waals surface area contributed by atoms with Gasteiger partial charge >= 0.3 is 0 Å². The Hall–Kier alpha value is -0.820. The average molecular weight is 246 g/mol. The van der Waals surface area contributed by atoms with Crippen LogP contribution in [0.3, 0.4) is 0 Å². The van der Waals surface area contributed by atoms with Gasteiger partial charge in [-0.05, 0) is 46.3 Å². The Kier molecular flexibility index (Phi) is 3.55. The summed E-state index contributed by atoms with van der Waals surface area (Å²) >= 11 is 0. The van der Waals surface area contributed by atoms with E-state index in [-0.39, 0.29) is 12.0 Å². The van der Waals surface area contributed by atoms with Gasteiger partial charge in [0.25, 0.3) is 0 Å². The Morgan fingerprint density at radius 2 is 1.94 bits per heavy atom. The van der Waals surface area contributed by atoms with Crippen molar-refractivity contribution in [2.45, 2.75) is 52.4 Å². The lowest BCUT2D eigenvalue weighted by Crippen LogP contribution is -2.25. The zero-order chi connectivity index (χ0) is 13.5. The van der Waals surface area contributed by atoms with Crippen LogP contribution < -0.4 is 0 Å². The molecule has 0 fully saturated rings. The van der Waals surface area contributed by atoms with Gasteiger partial charge in [0.2, 0.25) is 0 Å². The van der Waals surface area contributed by atoms with Crippen molar-refractivity contribution < 1.29 is 5.11 Å². The summed E-state index contributed by atoms with van der Waals surface area (Å²) < 4.78 is 0. The van der Waals surface area contributed by atoms with Gasteiger partial charge in [-0.3, -0.25) is 0 Å². The molecule has 0 saturated carbocycles. The highest BCUT2D eigenvalue weighted by molar-refractivity contribution is 5.45. The fourth-order valence-electron chi connectivity index (χ4n) is 3.64. The zero-order valence-corrected chi connectivity index (χ0v) is 12.3. The van der Waals surface area contributed by atoms with E-state index in [0.717, 1.165) is 6.42 Å². The Morgan fingerprint density at radius 1 is 1.28 bits per heavy atom. The predicted octanol–water partition coefficient (Wildman–Crippen LogP) is 3.89. The lowest BCUT2D eigenvalue weighted by molar-refractivity contribution is 0.285. The van der Waals surface area contributed by atoms with Crippen LogP contribution in [0.15, 0.2) is 18.2 Å². The van der Waals surface area contributed by atoms with Crippen LogP contribution in [0.5, 0.6) is 0 Å². The highest BCUT2D eigenvalue weighted by Gasteiger charge is 2.44. The number of hydrogen-bond acceptors (Lipinski definition) is 1. The zero-order valence-electron chi connectivity index (χ0n) is 12.3. The second-order valence-corrected chi connectivity index (χ2v) is 6.68. The molecule has 0 aromatic heterocycles. The van der Waals surface area contributed by atoms with Gasteiger partial charge in [-0.2, -0.15) is 0 Å². The van der Waals surface area contributed by atoms with E-state index in [1.807, 2.05) is 0 Å².